The minimum absolute atomic E-state index is 0.0699. The number of oxime groups is 1. The van der Waals surface area contributed by atoms with Crippen LogP contribution >= 0.6 is 34.8 Å². The first kappa shape index (κ1) is 17.3. The summed E-state index contributed by atoms with van der Waals surface area (Å²) in [6.45, 7) is 1.51. The Hall–Kier alpha value is -2.09. The molecule has 0 unspecified atom stereocenters. The van der Waals surface area contributed by atoms with E-state index in [0.29, 0.717) is 11.0 Å². The fraction of sp³-hybridized carbons (Fsp3) is 0.0769. The van der Waals surface area contributed by atoms with Gasteiger partial charge in [-0.05, 0) is 19.1 Å². The second-order valence-electron chi connectivity index (χ2n) is 4.22. The summed E-state index contributed by atoms with van der Waals surface area (Å²) in [5.74, 6) is -0.761. The Kier molecular flexibility index (Phi) is 5.25. The van der Waals surface area contributed by atoms with E-state index in [1.54, 1.807) is 0 Å². The average Bonchev–Trinajstić information content (AvgIpc) is 2.94. The van der Waals surface area contributed by atoms with Crippen molar-refractivity contribution in [1.82, 2.24) is 0 Å². The Morgan fingerprint density at radius 2 is 2.00 bits per heavy atom. The fourth-order valence-electron chi connectivity index (χ4n) is 1.59. The lowest BCUT2D eigenvalue weighted by molar-refractivity contribution is -0.384. The number of nitro benzene ring substituents is 1. The first-order valence-electron chi connectivity index (χ1n) is 5.94. The van der Waals surface area contributed by atoms with Crippen molar-refractivity contribution < 1.29 is 19.0 Å². The minimum Gasteiger partial charge on any atom is -0.455 e. The summed E-state index contributed by atoms with van der Waals surface area (Å²) in [5, 5.41) is 14.3. The van der Waals surface area contributed by atoms with Gasteiger partial charge in [0.1, 0.15) is 15.8 Å². The zero-order valence-electron chi connectivity index (χ0n) is 11.4. The molecule has 0 saturated heterocycles. The maximum Gasteiger partial charge on any atom is 0.379 e. The Labute approximate surface area is 144 Å². The van der Waals surface area contributed by atoms with Crippen LogP contribution in [-0.4, -0.2) is 16.6 Å². The molecule has 120 valence electrons. The second kappa shape index (κ2) is 6.99. The topological polar surface area (TPSA) is 94.9 Å². The maximum atomic E-state index is 11.4. The van der Waals surface area contributed by atoms with Crippen molar-refractivity contribution in [2.24, 2.45) is 5.16 Å². The van der Waals surface area contributed by atoms with Crippen molar-refractivity contribution in [3.05, 3.63) is 49.7 Å². The van der Waals surface area contributed by atoms with Crippen LogP contribution in [0.15, 0.2) is 43.4 Å². The monoisotopic (exact) mass is 376 g/mol. The van der Waals surface area contributed by atoms with Gasteiger partial charge in [0, 0.05) is 17.5 Å². The smallest absolute Gasteiger partial charge is 0.379 e. The Morgan fingerprint density at radius 3 is 2.61 bits per heavy atom. The Morgan fingerprint density at radius 1 is 1.30 bits per heavy atom. The van der Waals surface area contributed by atoms with Crippen LogP contribution < -0.4 is 0 Å². The third-order valence-corrected chi connectivity index (χ3v) is 3.59. The largest absolute Gasteiger partial charge is 0.455 e. The molecule has 0 atom stereocenters. The zero-order chi connectivity index (χ0) is 17.1. The van der Waals surface area contributed by atoms with Crippen LogP contribution in [0.25, 0.3) is 11.0 Å². The third-order valence-electron chi connectivity index (χ3n) is 2.68. The van der Waals surface area contributed by atoms with E-state index in [9.17, 15) is 14.9 Å². The van der Waals surface area contributed by atoms with Crippen LogP contribution in [0.1, 0.15) is 12.7 Å². The van der Waals surface area contributed by atoms with E-state index < -0.39 is 20.4 Å². The molecule has 0 N–H and O–H groups in total. The van der Waals surface area contributed by atoms with Gasteiger partial charge in [-0.3, -0.25) is 10.1 Å². The SMILES string of the molecule is CC(=NOC(=O)C(Cl)=C(Cl)Cl)c1cc2cc([N+](=O)[O-])ccc2o1. The predicted octanol–water partition coefficient (Wildman–Crippen LogP) is 4.49. The summed E-state index contributed by atoms with van der Waals surface area (Å²) in [5.41, 5.74) is 0.570. The second-order valence-corrected chi connectivity index (χ2v) is 5.55. The highest BCUT2D eigenvalue weighted by Crippen LogP contribution is 2.25. The van der Waals surface area contributed by atoms with Crippen LogP contribution in [0.5, 0.6) is 0 Å². The molecular weight excluding hydrogens is 371 g/mol. The van der Waals surface area contributed by atoms with Crippen molar-refractivity contribution in [2.45, 2.75) is 6.92 Å². The summed E-state index contributed by atoms with van der Waals surface area (Å²) >= 11 is 16.2. The number of rotatable bonds is 4. The number of hydrogen-bond acceptors (Lipinski definition) is 6. The van der Waals surface area contributed by atoms with Crippen molar-refractivity contribution >= 4 is 63.1 Å². The van der Waals surface area contributed by atoms with Crippen molar-refractivity contribution in [1.29, 1.82) is 0 Å². The molecule has 1 aromatic heterocycles. The van der Waals surface area contributed by atoms with Crippen LogP contribution in [0.4, 0.5) is 5.69 Å². The van der Waals surface area contributed by atoms with E-state index in [4.69, 9.17) is 39.2 Å². The molecule has 0 spiro atoms. The molecule has 23 heavy (non-hydrogen) atoms. The number of carbonyl (C=O) groups is 1. The van der Waals surface area contributed by atoms with Gasteiger partial charge in [-0.25, -0.2) is 4.79 Å². The number of non-ortho nitro benzene ring substituents is 1. The number of furan rings is 1. The number of fused-ring (bicyclic) bond motifs is 1. The molecule has 0 aliphatic heterocycles. The molecule has 0 bridgehead atoms. The molecule has 1 heterocycles. The van der Waals surface area contributed by atoms with Gasteiger partial charge in [-0.1, -0.05) is 40.0 Å². The van der Waals surface area contributed by atoms with Gasteiger partial charge in [0.05, 0.1) is 4.92 Å². The van der Waals surface area contributed by atoms with Gasteiger partial charge < -0.3 is 9.25 Å². The number of hydrogen-bond donors (Lipinski definition) is 0. The number of halogens is 3. The summed E-state index contributed by atoms with van der Waals surface area (Å²) in [4.78, 5) is 26.2. The normalized spacial score (nSPS) is 11.4. The fourth-order valence-corrected chi connectivity index (χ4v) is 1.78. The van der Waals surface area contributed by atoms with E-state index in [1.165, 1.54) is 31.2 Å². The lowest BCUT2D eigenvalue weighted by Gasteiger charge is -1.97. The molecule has 0 aliphatic carbocycles. The molecule has 1 aromatic carbocycles. The quantitative estimate of drug-likeness (QED) is 0.257. The minimum atomic E-state index is -1.03. The highest BCUT2D eigenvalue weighted by molar-refractivity contribution is 6.62. The number of nitrogens with zero attached hydrogens (tertiary/aromatic N) is 2. The highest BCUT2D eigenvalue weighted by atomic mass is 35.5. The van der Waals surface area contributed by atoms with Crippen molar-refractivity contribution in [3.63, 3.8) is 0 Å². The summed E-state index contributed by atoms with van der Waals surface area (Å²) in [7, 11) is 0. The number of nitro groups is 1. The van der Waals surface area contributed by atoms with Crippen molar-refractivity contribution in [3.8, 4) is 0 Å². The summed E-state index contributed by atoms with van der Waals surface area (Å²) in [6.07, 6.45) is 0. The summed E-state index contributed by atoms with van der Waals surface area (Å²) in [6, 6.07) is 5.66. The summed E-state index contributed by atoms with van der Waals surface area (Å²) < 4.78 is 5.02. The van der Waals surface area contributed by atoms with Crippen molar-refractivity contribution in [2.75, 3.05) is 0 Å². The van der Waals surface area contributed by atoms with Gasteiger partial charge in [-0.2, -0.15) is 0 Å². The lowest BCUT2D eigenvalue weighted by Crippen LogP contribution is -2.03. The van der Waals surface area contributed by atoms with Gasteiger partial charge in [0.25, 0.3) is 5.69 Å². The van der Waals surface area contributed by atoms with Crippen LogP contribution in [0.3, 0.4) is 0 Å². The van der Waals surface area contributed by atoms with Gasteiger partial charge in [0.2, 0.25) is 0 Å². The zero-order valence-corrected chi connectivity index (χ0v) is 13.6. The molecule has 0 radical (unpaired) electrons. The average molecular weight is 378 g/mol. The van der Waals surface area contributed by atoms with Gasteiger partial charge >= 0.3 is 5.97 Å². The third kappa shape index (κ3) is 4.01. The van der Waals surface area contributed by atoms with Crippen LogP contribution in [0.2, 0.25) is 0 Å². The van der Waals surface area contributed by atoms with Gasteiger partial charge in [0.15, 0.2) is 10.8 Å². The molecule has 0 amide bonds. The first-order valence-corrected chi connectivity index (χ1v) is 7.08. The van der Waals surface area contributed by atoms with E-state index in [0.717, 1.165) is 0 Å². The van der Waals surface area contributed by atoms with E-state index >= 15 is 0 Å². The molecule has 0 aliphatic rings. The molecule has 10 heteroatoms. The molecule has 7 nitrogen and oxygen atoms in total. The van der Waals surface area contributed by atoms with Crippen LogP contribution in [0, 0.1) is 10.1 Å². The standard InChI is InChI=1S/C13H7Cl3N2O5/c1-6(17-23-13(19)11(14)12(15)16)10-5-7-4-8(18(20)21)2-3-9(7)22-10/h2-5H,1H3. The highest BCUT2D eigenvalue weighted by Gasteiger charge is 2.15. The molecular formula is C13H7Cl3N2O5. The number of carbonyl (C=O) groups excluding carboxylic acids is 1. The first-order chi connectivity index (χ1) is 10.8. The Balaban J connectivity index is 2.25. The Bertz CT molecular complexity index is 852. The van der Waals surface area contributed by atoms with E-state index in [1.807, 2.05) is 0 Å². The molecule has 0 fully saturated rings. The van der Waals surface area contributed by atoms with E-state index in [-0.39, 0.29) is 17.2 Å². The lowest BCUT2D eigenvalue weighted by atomic mass is 10.2. The van der Waals surface area contributed by atoms with Crippen LogP contribution in [-0.2, 0) is 9.63 Å². The molecule has 0 saturated carbocycles. The van der Waals surface area contributed by atoms with Gasteiger partial charge in [-0.15, -0.1) is 0 Å². The predicted molar refractivity (Wildman–Crippen MR) is 85.8 cm³/mol. The molecule has 2 aromatic rings. The molecule has 2 rings (SSSR count). The number of benzene rings is 1. The maximum absolute atomic E-state index is 11.4. The van der Waals surface area contributed by atoms with E-state index in [2.05, 4.69) is 9.99 Å².